The van der Waals surface area contributed by atoms with Gasteiger partial charge in [0.1, 0.15) is 5.75 Å². The number of hydrogen-bond acceptors (Lipinski definition) is 5. The number of sulfonamides is 1. The summed E-state index contributed by atoms with van der Waals surface area (Å²) >= 11 is 0. The first-order valence-corrected chi connectivity index (χ1v) is 11.8. The molecule has 0 aliphatic carbocycles. The van der Waals surface area contributed by atoms with E-state index >= 15 is 0 Å². The minimum atomic E-state index is -3.54. The summed E-state index contributed by atoms with van der Waals surface area (Å²) in [4.78, 5) is 24.8. The van der Waals surface area contributed by atoms with Crippen molar-refractivity contribution >= 4 is 33.2 Å². The van der Waals surface area contributed by atoms with E-state index in [1.807, 2.05) is 13.8 Å². The van der Waals surface area contributed by atoms with E-state index in [9.17, 15) is 18.0 Å². The highest BCUT2D eigenvalue weighted by molar-refractivity contribution is 7.92. The lowest BCUT2D eigenvalue weighted by molar-refractivity contribution is -0.116. The van der Waals surface area contributed by atoms with Gasteiger partial charge in [0, 0.05) is 25.1 Å². The van der Waals surface area contributed by atoms with Crippen LogP contribution in [0, 0.1) is 0 Å². The second-order valence-electron chi connectivity index (χ2n) is 7.36. The molecule has 0 radical (unpaired) electrons. The maximum Gasteiger partial charge on any atom is 0.253 e. The third kappa shape index (κ3) is 7.29. The van der Waals surface area contributed by atoms with E-state index in [0.717, 1.165) is 6.26 Å². The smallest absolute Gasteiger partial charge is 0.253 e. The van der Waals surface area contributed by atoms with E-state index in [1.165, 1.54) is 11.4 Å². The minimum Gasteiger partial charge on any atom is -0.497 e. The van der Waals surface area contributed by atoms with Gasteiger partial charge in [0.2, 0.25) is 15.9 Å². The van der Waals surface area contributed by atoms with Crippen molar-refractivity contribution < 1.29 is 22.7 Å². The number of benzene rings is 2. The molecule has 2 rings (SSSR count). The molecule has 8 nitrogen and oxygen atoms in total. The van der Waals surface area contributed by atoms with Gasteiger partial charge in [-0.15, -0.1) is 0 Å². The van der Waals surface area contributed by atoms with Crippen LogP contribution in [0.5, 0.6) is 5.75 Å². The summed E-state index contributed by atoms with van der Waals surface area (Å²) in [7, 11) is -2.03. The fraction of sp³-hybridized carbons (Fsp3) is 0.364. The minimum absolute atomic E-state index is 0.0326. The SMILES string of the molecule is COc1cccc(N(CCCC(=O)Nc2ccccc2C(=O)NC(C)C)S(C)(=O)=O)c1. The maximum atomic E-state index is 12.4. The first-order valence-electron chi connectivity index (χ1n) is 9.93. The average Bonchev–Trinajstić information content (AvgIpc) is 2.70. The molecule has 0 unspecified atom stereocenters. The fourth-order valence-corrected chi connectivity index (χ4v) is 3.94. The number of ether oxygens (including phenoxy) is 1. The number of nitrogens with zero attached hydrogens (tertiary/aromatic N) is 1. The van der Waals surface area contributed by atoms with Crippen LogP contribution >= 0.6 is 0 Å². The molecule has 0 saturated carbocycles. The summed E-state index contributed by atoms with van der Waals surface area (Å²) in [5.41, 5.74) is 1.26. The molecule has 2 N–H and O–H groups in total. The van der Waals surface area contributed by atoms with Crippen molar-refractivity contribution in [3.05, 3.63) is 54.1 Å². The Morgan fingerprint density at radius 3 is 2.45 bits per heavy atom. The summed E-state index contributed by atoms with van der Waals surface area (Å²) in [6, 6.07) is 13.5. The number of hydrogen-bond donors (Lipinski definition) is 2. The van der Waals surface area contributed by atoms with Crippen LogP contribution in [0.3, 0.4) is 0 Å². The molecule has 0 atom stereocenters. The molecule has 0 heterocycles. The normalized spacial score (nSPS) is 11.1. The first-order chi connectivity index (χ1) is 14.6. The highest BCUT2D eigenvalue weighted by Crippen LogP contribution is 2.23. The van der Waals surface area contributed by atoms with Gasteiger partial charge in [-0.05, 0) is 44.5 Å². The molecule has 0 spiro atoms. The number of methoxy groups -OCH3 is 1. The Kier molecular flexibility index (Phi) is 8.44. The number of nitrogens with one attached hydrogen (secondary N) is 2. The second kappa shape index (κ2) is 10.8. The molecule has 31 heavy (non-hydrogen) atoms. The van der Waals surface area contributed by atoms with Gasteiger partial charge >= 0.3 is 0 Å². The highest BCUT2D eigenvalue weighted by atomic mass is 32.2. The van der Waals surface area contributed by atoms with E-state index in [1.54, 1.807) is 48.5 Å². The molecule has 0 aliphatic heterocycles. The van der Waals surface area contributed by atoms with Crippen molar-refractivity contribution in [1.29, 1.82) is 0 Å². The Morgan fingerprint density at radius 1 is 1.10 bits per heavy atom. The van der Waals surface area contributed by atoms with Crippen molar-refractivity contribution in [3.63, 3.8) is 0 Å². The molecule has 2 amide bonds. The molecular weight excluding hydrogens is 418 g/mol. The number of rotatable bonds is 10. The van der Waals surface area contributed by atoms with Crippen molar-refractivity contribution in [2.45, 2.75) is 32.7 Å². The van der Waals surface area contributed by atoms with E-state index in [-0.39, 0.29) is 30.8 Å². The molecule has 2 aromatic carbocycles. The van der Waals surface area contributed by atoms with Crippen molar-refractivity contribution in [3.8, 4) is 5.75 Å². The molecule has 9 heteroatoms. The number of anilines is 2. The predicted molar refractivity (Wildman–Crippen MR) is 122 cm³/mol. The van der Waals surface area contributed by atoms with E-state index in [4.69, 9.17) is 4.74 Å². The number of carbonyl (C=O) groups excluding carboxylic acids is 2. The Morgan fingerprint density at radius 2 is 1.81 bits per heavy atom. The highest BCUT2D eigenvalue weighted by Gasteiger charge is 2.19. The van der Waals surface area contributed by atoms with Crippen LogP contribution in [-0.2, 0) is 14.8 Å². The summed E-state index contributed by atoms with van der Waals surface area (Å²) in [5.74, 6) is -0.0313. The lowest BCUT2D eigenvalue weighted by Gasteiger charge is -2.22. The summed E-state index contributed by atoms with van der Waals surface area (Å²) in [6.07, 6.45) is 1.52. The van der Waals surface area contributed by atoms with E-state index in [2.05, 4.69) is 10.6 Å². The topological polar surface area (TPSA) is 105 Å². The molecule has 168 valence electrons. The standard InChI is InChI=1S/C22H29N3O5S/c1-16(2)23-22(27)19-11-5-6-12-20(19)24-21(26)13-8-14-25(31(4,28)29)17-9-7-10-18(15-17)30-3/h5-7,9-12,15-16H,8,13-14H2,1-4H3,(H,23,27)(H,24,26). The fourth-order valence-electron chi connectivity index (χ4n) is 2.98. The van der Waals surface area contributed by atoms with Crippen molar-refractivity contribution in [2.24, 2.45) is 0 Å². The van der Waals surface area contributed by atoms with Crippen LogP contribution in [-0.4, -0.2) is 46.2 Å². The van der Waals surface area contributed by atoms with Gasteiger partial charge in [-0.3, -0.25) is 13.9 Å². The van der Waals surface area contributed by atoms with Crippen LogP contribution in [0.2, 0.25) is 0 Å². The molecular formula is C22H29N3O5S. The molecule has 0 aromatic heterocycles. The number of amides is 2. The monoisotopic (exact) mass is 447 g/mol. The third-order valence-electron chi connectivity index (χ3n) is 4.37. The predicted octanol–water partition coefficient (Wildman–Crippen LogP) is 3.02. The van der Waals surface area contributed by atoms with Crippen LogP contribution in [0.15, 0.2) is 48.5 Å². The largest absolute Gasteiger partial charge is 0.497 e. The van der Waals surface area contributed by atoms with Gasteiger partial charge in [-0.25, -0.2) is 8.42 Å². The Hall–Kier alpha value is -3.07. The summed E-state index contributed by atoms with van der Waals surface area (Å²) in [5, 5.41) is 5.55. The quantitative estimate of drug-likeness (QED) is 0.583. The second-order valence-corrected chi connectivity index (χ2v) is 9.27. The Balaban J connectivity index is 2.03. The van der Waals surface area contributed by atoms with Crippen LogP contribution in [0.25, 0.3) is 0 Å². The zero-order chi connectivity index (χ0) is 23.0. The molecule has 2 aromatic rings. The van der Waals surface area contributed by atoms with Crippen LogP contribution in [0.4, 0.5) is 11.4 Å². The zero-order valence-corrected chi connectivity index (χ0v) is 19.0. The maximum absolute atomic E-state index is 12.4. The lowest BCUT2D eigenvalue weighted by Crippen LogP contribution is -2.32. The van der Waals surface area contributed by atoms with Crippen LogP contribution in [0.1, 0.15) is 37.0 Å². The van der Waals surface area contributed by atoms with Gasteiger partial charge in [-0.1, -0.05) is 18.2 Å². The Labute approximate surface area is 183 Å². The zero-order valence-electron chi connectivity index (χ0n) is 18.2. The summed E-state index contributed by atoms with van der Waals surface area (Å²) in [6.45, 7) is 3.85. The van der Waals surface area contributed by atoms with Crippen LogP contribution < -0.4 is 19.7 Å². The van der Waals surface area contributed by atoms with E-state index < -0.39 is 10.0 Å². The van der Waals surface area contributed by atoms with Crippen molar-refractivity contribution in [1.82, 2.24) is 5.32 Å². The van der Waals surface area contributed by atoms with E-state index in [0.29, 0.717) is 29.1 Å². The first kappa shape index (κ1) is 24.2. The van der Waals surface area contributed by atoms with Gasteiger partial charge < -0.3 is 15.4 Å². The number of carbonyl (C=O) groups is 2. The molecule has 0 fully saturated rings. The molecule has 0 aliphatic rings. The van der Waals surface area contributed by atoms with Gasteiger partial charge in [0.15, 0.2) is 0 Å². The molecule has 0 saturated heterocycles. The van der Waals surface area contributed by atoms with Gasteiger partial charge in [0.25, 0.3) is 5.91 Å². The van der Waals surface area contributed by atoms with Gasteiger partial charge in [-0.2, -0.15) is 0 Å². The third-order valence-corrected chi connectivity index (χ3v) is 5.57. The summed E-state index contributed by atoms with van der Waals surface area (Å²) < 4.78 is 30.9. The molecule has 0 bridgehead atoms. The lowest BCUT2D eigenvalue weighted by atomic mass is 10.1. The average molecular weight is 448 g/mol. The number of para-hydroxylation sites is 1. The van der Waals surface area contributed by atoms with Gasteiger partial charge in [0.05, 0.1) is 30.3 Å². The van der Waals surface area contributed by atoms with Crippen molar-refractivity contribution in [2.75, 3.05) is 29.5 Å². The Bertz CT molecular complexity index is 1020.